The maximum atomic E-state index is 13.1. The van der Waals surface area contributed by atoms with Crippen molar-refractivity contribution in [2.24, 2.45) is 11.8 Å². The van der Waals surface area contributed by atoms with E-state index in [0.717, 1.165) is 31.9 Å². The average molecular weight is 391 g/mol. The number of likely N-dealkylation sites (tertiary alicyclic amines) is 1. The fraction of sp³-hybridized carbons (Fsp3) is 0.667. The third kappa shape index (κ3) is 4.51. The highest BCUT2D eigenvalue weighted by Gasteiger charge is 2.45. The van der Waals surface area contributed by atoms with Crippen LogP contribution in [0.25, 0.3) is 0 Å². The summed E-state index contributed by atoms with van der Waals surface area (Å²) in [4.78, 5) is 29.9. The smallest absolute Gasteiger partial charge is 0.290 e. The molecule has 4 atom stereocenters. The van der Waals surface area contributed by atoms with Crippen LogP contribution in [-0.2, 0) is 4.79 Å². The lowest BCUT2D eigenvalue weighted by Gasteiger charge is -2.55. The fourth-order valence-electron chi connectivity index (χ4n) is 5.39. The number of amides is 1. The van der Waals surface area contributed by atoms with Gasteiger partial charge in [-0.3, -0.25) is 14.5 Å². The highest BCUT2D eigenvalue weighted by atomic mass is 19.1. The maximum absolute atomic E-state index is 13.1. The molecule has 6 nitrogen and oxygen atoms in total. The van der Waals surface area contributed by atoms with E-state index in [1.165, 1.54) is 50.7 Å². The number of carbonyl (C=O) groups is 2. The van der Waals surface area contributed by atoms with Gasteiger partial charge >= 0.3 is 0 Å². The van der Waals surface area contributed by atoms with Crippen LogP contribution in [-0.4, -0.2) is 64.0 Å². The summed E-state index contributed by atoms with van der Waals surface area (Å²) >= 11 is 0. The van der Waals surface area contributed by atoms with Crippen LogP contribution in [0.4, 0.5) is 4.39 Å². The molecule has 0 spiro atoms. The predicted molar refractivity (Wildman–Crippen MR) is 103 cm³/mol. The van der Waals surface area contributed by atoms with E-state index in [1.807, 2.05) is 4.90 Å². The lowest BCUT2D eigenvalue weighted by molar-refractivity contribution is -0.122. The summed E-state index contributed by atoms with van der Waals surface area (Å²) in [5.41, 5.74) is 0.366. The number of halogens is 1. The van der Waals surface area contributed by atoms with Crippen LogP contribution >= 0.6 is 0 Å². The molecule has 1 N–H and O–H groups in total. The first-order valence-corrected chi connectivity index (χ1v) is 10.3. The first-order chi connectivity index (χ1) is 13.6. The van der Waals surface area contributed by atoms with E-state index in [1.54, 1.807) is 0 Å². The summed E-state index contributed by atoms with van der Waals surface area (Å²) < 4.78 is 13.1. The van der Waals surface area contributed by atoms with Gasteiger partial charge in [-0.05, 0) is 49.7 Å². The maximum Gasteiger partial charge on any atom is 0.290 e. The Bertz CT molecular complexity index is 667. The SMILES string of the molecule is CCC[C@H]1CCC[C@H]2[C@@H]3C[C@@H](CN(C(=O)c4ccc(F)cn4)C3)CN12.O=CO. The largest absolute Gasteiger partial charge is 0.483 e. The quantitative estimate of drug-likeness (QED) is 0.802. The van der Waals surface area contributed by atoms with Crippen LogP contribution in [0.1, 0.15) is 55.9 Å². The van der Waals surface area contributed by atoms with Crippen molar-refractivity contribution >= 4 is 12.4 Å². The molecule has 28 heavy (non-hydrogen) atoms. The summed E-state index contributed by atoms with van der Waals surface area (Å²) in [6.45, 7) is 4.81. The number of rotatable bonds is 3. The fourth-order valence-corrected chi connectivity index (χ4v) is 5.39. The van der Waals surface area contributed by atoms with Crippen molar-refractivity contribution in [2.75, 3.05) is 19.6 Å². The van der Waals surface area contributed by atoms with Gasteiger partial charge in [0.25, 0.3) is 12.4 Å². The summed E-state index contributed by atoms with van der Waals surface area (Å²) in [5.74, 6) is 0.712. The van der Waals surface area contributed by atoms with Gasteiger partial charge < -0.3 is 10.0 Å². The van der Waals surface area contributed by atoms with E-state index in [0.29, 0.717) is 23.6 Å². The topological polar surface area (TPSA) is 73.7 Å². The van der Waals surface area contributed by atoms with Gasteiger partial charge in [0, 0.05) is 31.7 Å². The van der Waals surface area contributed by atoms with E-state index in [9.17, 15) is 9.18 Å². The molecule has 0 saturated carbocycles. The van der Waals surface area contributed by atoms with Crippen molar-refractivity contribution in [3.8, 4) is 0 Å². The first-order valence-electron chi connectivity index (χ1n) is 10.3. The number of carboxylic acid groups (broad SMARTS) is 1. The molecule has 3 saturated heterocycles. The Kier molecular flexibility index (Phi) is 6.99. The molecule has 1 aromatic rings. The number of nitrogens with zero attached hydrogens (tertiary/aromatic N) is 3. The number of piperidine rings is 3. The molecule has 3 aliphatic rings. The second-order valence-corrected chi connectivity index (χ2v) is 8.18. The van der Waals surface area contributed by atoms with Gasteiger partial charge in [0.1, 0.15) is 11.5 Å². The van der Waals surface area contributed by atoms with Crippen LogP contribution in [0.5, 0.6) is 0 Å². The van der Waals surface area contributed by atoms with Gasteiger partial charge in [0.2, 0.25) is 0 Å². The molecule has 7 heteroatoms. The monoisotopic (exact) mass is 391 g/mol. The molecule has 4 rings (SSSR count). The minimum absolute atomic E-state index is 0.0379. The molecule has 3 fully saturated rings. The number of hydrogen-bond donors (Lipinski definition) is 1. The number of carbonyl (C=O) groups excluding carboxylic acids is 1. The van der Waals surface area contributed by atoms with Crippen molar-refractivity contribution in [1.82, 2.24) is 14.8 Å². The highest BCUT2D eigenvalue weighted by Crippen LogP contribution is 2.40. The summed E-state index contributed by atoms with van der Waals surface area (Å²) in [6.07, 6.45) is 8.87. The van der Waals surface area contributed by atoms with Crippen molar-refractivity contribution in [1.29, 1.82) is 0 Å². The van der Waals surface area contributed by atoms with Gasteiger partial charge in [0.15, 0.2) is 0 Å². The zero-order valence-corrected chi connectivity index (χ0v) is 16.5. The van der Waals surface area contributed by atoms with E-state index >= 15 is 0 Å². The minimum atomic E-state index is -0.396. The van der Waals surface area contributed by atoms with Crippen LogP contribution in [0.2, 0.25) is 0 Å². The van der Waals surface area contributed by atoms with Crippen molar-refractivity contribution in [3.63, 3.8) is 0 Å². The van der Waals surface area contributed by atoms with Crippen molar-refractivity contribution in [2.45, 2.75) is 57.5 Å². The van der Waals surface area contributed by atoms with Crippen LogP contribution in [0.3, 0.4) is 0 Å². The average Bonchev–Trinajstić information content (AvgIpc) is 2.69. The van der Waals surface area contributed by atoms with Crippen LogP contribution in [0.15, 0.2) is 18.3 Å². The molecule has 0 radical (unpaired) electrons. The number of hydrogen-bond acceptors (Lipinski definition) is 4. The Balaban J connectivity index is 0.000000706. The Labute approximate surface area is 165 Å². The minimum Gasteiger partial charge on any atom is -0.483 e. The van der Waals surface area contributed by atoms with E-state index < -0.39 is 5.82 Å². The third-order valence-electron chi connectivity index (χ3n) is 6.37. The summed E-state index contributed by atoms with van der Waals surface area (Å²) in [5, 5.41) is 6.89. The zero-order valence-electron chi connectivity index (χ0n) is 16.5. The Morgan fingerprint density at radius 2 is 2.11 bits per heavy atom. The van der Waals surface area contributed by atoms with E-state index in [-0.39, 0.29) is 12.4 Å². The van der Waals surface area contributed by atoms with E-state index in [2.05, 4.69) is 16.8 Å². The third-order valence-corrected chi connectivity index (χ3v) is 6.37. The molecule has 1 amide bonds. The van der Waals surface area contributed by atoms with Crippen LogP contribution < -0.4 is 0 Å². The predicted octanol–water partition coefficient (Wildman–Crippen LogP) is 3.04. The summed E-state index contributed by atoms with van der Waals surface area (Å²) in [6, 6.07) is 4.21. The second-order valence-electron chi connectivity index (χ2n) is 8.18. The van der Waals surface area contributed by atoms with Gasteiger partial charge in [0.05, 0.1) is 6.20 Å². The molecule has 1 aromatic heterocycles. The van der Waals surface area contributed by atoms with Gasteiger partial charge in [-0.15, -0.1) is 0 Å². The molecule has 2 bridgehead atoms. The second kappa shape index (κ2) is 9.45. The molecular weight excluding hydrogens is 361 g/mol. The zero-order chi connectivity index (χ0) is 20.1. The standard InChI is InChI=1S/C20H28FN3O.CH2O2/c1-2-4-17-5-3-6-19-15-9-14(12-24(17)19)11-23(13-15)20(25)18-8-7-16(21)10-22-18;2-1-3/h7-8,10,14-15,17,19H,2-6,9,11-13H2,1H3;1H,(H,2,3)/t14-,15+,17-,19-;/m0./s1. The van der Waals surface area contributed by atoms with Crippen molar-refractivity contribution in [3.05, 3.63) is 29.8 Å². The molecule has 0 aliphatic carbocycles. The Morgan fingerprint density at radius 1 is 1.32 bits per heavy atom. The van der Waals surface area contributed by atoms with Gasteiger partial charge in [-0.25, -0.2) is 9.37 Å². The lowest BCUT2D eigenvalue weighted by atomic mass is 9.74. The normalized spacial score (nSPS) is 29.3. The van der Waals surface area contributed by atoms with Crippen molar-refractivity contribution < 1.29 is 19.1 Å². The summed E-state index contributed by atoms with van der Waals surface area (Å²) in [7, 11) is 0. The Morgan fingerprint density at radius 3 is 2.79 bits per heavy atom. The molecule has 0 aromatic carbocycles. The number of aromatic nitrogens is 1. The molecule has 3 aliphatic heterocycles. The van der Waals surface area contributed by atoms with E-state index in [4.69, 9.17) is 9.90 Å². The number of pyridine rings is 1. The lowest BCUT2D eigenvalue weighted by Crippen LogP contribution is -2.62. The molecular formula is C21H30FN3O3. The molecule has 154 valence electrons. The first kappa shape index (κ1) is 20.7. The van der Waals surface area contributed by atoms with Gasteiger partial charge in [-0.2, -0.15) is 0 Å². The molecule has 0 unspecified atom stereocenters. The Hall–Kier alpha value is -2.02. The molecule has 4 heterocycles. The number of fused-ring (bicyclic) bond motifs is 4. The highest BCUT2D eigenvalue weighted by molar-refractivity contribution is 5.92. The van der Waals surface area contributed by atoms with Gasteiger partial charge in [-0.1, -0.05) is 19.8 Å². The van der Waals surface area contributed by atoms with Crippen LogP contribution in [0, 0.1) is 17.7 Å².